The maximum atomic E-state index is 11.3. The van der Waals surface area contributed by atoms with E-state index in [2.05, 4.69) is 38.8 Å². The molecule has 26 heavy (non-hydrogen) atoms. The van der Waals surface area contributed by atoms with Crippen molar-refractivity contribution in [2.75, 3.05) is 25.9 Å². The molecule has 0 amide bonds. The van der Waals surface area contributed by atoms with Gasteiger partial charge in [-0.3, -0.25) is 10.00 Å². The summed E-state index contributed by atoms with van der Waals surface area (Å²) in [6.07, 6.45) is 3.27. The van der Waals surface area contributed by atoms with Gasteiger partial charge in [-0.1, -0.05) is 29.8 Å². The largest absolute Gasteiger partial charge is 0.284 e. The van der Waals surface area contributed by atoms with Crippen LogP contribution in [0, 0.1) is 17.6 Å². The van der Waals surface area contributed by atoms with Gasteiger partial charge in [-0.25, -0.2) is 17.8 Å². The number of piperidine rings is 1. The van der Waals surface area contributed by atoms with Gasteiger partial charge in [0.25, 0.3) is 0 Å². The van der Waals surface area contributed by atoms with Crippen molar-refractivity contribution in [3.05, 3.63) is 34.6 Å². The zero-order valence-corrected chi connectivity index (χ0v) is 16.7. The number of aromatic nitrogens is 3. The van der Waals surface area contributed by atoms with E-state index in [0.717, 1.165) is 37.3 Å². The number of rotatable bonds is 6. The molecule has 1 aromatic carbocycles. The van der Waals surface area contributed by atoms with Crippen molar-refractivity contribution in [3.63, 3.8) is 0 Å². The highest BCUT2D eigenvalue weighted by Gasteiger charge is 2.21. The Balaban J connectivity index is 1.65. The molecule has 0 bridgehead atoms. The number of hydrogen-bond acceptors (Lipinski definition) is 5. The molecule has 2 heterocycles. The quantitative estimate of drug-likeness (QED) is 0.732. The summed E-state index contributed by atoms with van der Waals surface area (Å²) in [4.78, 5) is 6.75. The Labute approximate surface area is 159 Å². The van der Waals surface area contributed by atoms with Crippen molar-refractivity contribution in [1.29, 1.82) is 0 Å². The molecule has 1 saturated heterocycles. The number of nitrogens with zero attached hydrogens (tertiary/aromatic N) is 3. The Morgan fingerprint density at radius 2 is 2.08 bits per heavy atom. The normalized spacial score (nSPS) is 18.9. The third-order valence-electron chi connectivity index (χ3n) is 4.58. The first kappa shape index (κ1) is 19.2. The molecule has 1 fully saturated rings. The van der Waals surface area contributed by atoms with E-state index in [9.17, 15) is 8.42 Å². The number of hydrogen-bond donors (Lipinski definition) is 2. The van der Waals surface area contributed by atoms with Gasteiger partial charge in [0.15, 0.2) is 5.82 Å². The second-order valence-corrected chi connectivity index (χ2v) is 9.19. The van der Waals surface area contributed by atoms with E-state index < -0.39 is 10.0 Å². The monoisotopic (exact) mass is 395 g/mol. The van der Waals surface area contributed by atoms with Gasteiger partial charge in [0.2, 0.25) is 14.8 Å². The average Bonchev–Trinajstić information content (AvgIpc) is 2.94. The number of nitrogens with one attached hydrogen (secondary N) is 2. The Hall–Kier alpha value is -1.55. The average molecular weight is 396 g/mol. The molecule has 0 saturated carbocycles. The molecule has 2 N–H and O–H groups in total. The second-order valence-electron chi connectivity index (χ2n) is 7.00. The SMILES string of the molecule is Cc1ccc(-c2nc(=S)n(CN3CCC[C@H](CNS(C)(=O)=O)C3)[nH]2)cc1. The van der Waals surface area contributed by atoms with Crippen molar-refractivity contribution in [1.82, 2.24) is 24.4 Å². The molecular weight excluding hydrogens is 370 g/mol. The fourth-order valence-corrected chi connectivity index (χ4v) is 3.94. The topological polar surface area (TPSA) is 83.0 Å². The Bertz CT molecular complexity index is 902. The Morgan fingerprint density at radius 3 is 2.77 bits per heavy atom. The summed E-state index contributed by atoms with van der Waals surface area (Å²) in [7, 11) is -3.14. The van der Waals surface area contributed by atoms with Crippen LogP contribution in [0.3, 0.4) is 0 Å². The van der Waals surface area contributed by atoms with Crippen LogP contribution < -0.4 is 4.72 Å². The van der Waals surface area contributed by atoms with Gasteiger partial charge in [0.1, 0.15) is 0 Å². The maximum Gasteiger partial charge on any atom is 0.217 e. The van der Waals surface area contributed by atoms with E-state index >= 15 is 0 Å². The zero-order valence-electron chi connectivity index (χ0n) is 15.1. The van der Waals surface area contributed by atoms with Crippen LogP contribution in [-0.4, -0.2) is 54.0 Å². The summed E-state index contributed by atoms with van der Waals surface area (Å²) in [5.41, 5.74) is 2.21. The van der Waals surface area contributed by atoms with Crippen molar-refractivity contribution >= 4 is 22.2 Å². The van der Waals surface area contributed by atoms with Crippen molar-refractivity contribution in [2.24, 2.45) is 5.92 Å². The number of likely N-dealkylation sites (tertiary alicyclic amines) is 1. The van der Waals surface area contributed by atoms with Crippen molar-refractivity contribution in [2.45, 2.75) is 26.4 Å². The smallest absolute Gasteiger partial charge is 0.217 e. The van der Waals surface area contributed by atoms with Gasteiger partial charge in [-0.2, -0.15) is 4.98 Å². The molecule has 1 atom stereocenters. The third kappa shape index (κ3) is 5.23. The van der Waals surface area contributed by atoms with Crippen LogP contribution in [0.5, 0.6) is 0 Å². The van der Waals surface area contributed by atoms with Gasteiger partial charge in [-0.15, -0.1) is 0 Å². The van der Waals surface area contributed by atoms with E-state index in [4.69, 9.17) is 12.2 Å². The number of benzene rings is 1. The van der Waals surface area contributed by atoms with E-state index in [1.807, 2.05) is 16.8 Å². The second kappa shape index (κ2) is 7.99. The molecule has 1 aliphatic heterocycles. The van der Waals surface area contributed by atoms with Gasteiger partial charge < -0.3 is 0 Å². The highest BCUT2D eigenvalue weighted by molar-refractivity contribution is 7.88. The highest BCUT2D eigenvalue weighted by atomic mass is 32.2. The lowest BCUT2D eigenvalue weighted by atomic mass is 9.99. The molecule has 0 aliphatic carbocycles. The minimum atomic E-state index is -3.14. The lowest BCUT2D eigenvalue weighted by Crippen LogP contribution is -2.41. The van der Waals surface area contributed by atoms with E-state index in [1.165, 1.54) is 11.8 Å². The lowest BCUT2D eigenvalue weighted by Gasteiger charge is -2.32. The molecule has 0 spiro atoms. The molecule has 3 rings (SSSR count). The number of aromatic amines is 1. The van der Waals surface area contributed by atoms with E-state index in [1.54, 1.807) is 0 Å². The molecule has 7 nitrogen and oxygen atoms in total. The summed E-state index contributed by atoms with van der Waals surface area (Å²) in [5, 5.41) is 3.28. The summed E-state index contributed by atoms with van der Waals surface area (Å²) in [6.45, 7) is 4.97. The standard InChI is InChI=1S/C17H25N5O2S2/c1-13-5-7-15(8-6-13)16-19-17(25)22(20-16)12-21-9-3-4-14(11-21)10-18-26(2,23)24/h5-8,14,18H,3-4,9-12H2,1-2H3,(H,19,20,25)/t14-/m1/s1. The van der Waals surface area contributed by atoms with Crippen LogP contribution in [0.4, 0.5) is 0 Å². The molecule has 142 valence electrons. The molecule has 2 aromatic rings. The Kier molecular flexibility index (Phi) is 5.91. The first-order valence-corrected chi connectivity index (χ1v) is 11.0. The highest BCUT2D eigenvalue weighted by Crippen LogP contribution is 2.18. The van der Waals surface area contributed by atoms with E-state index in [0.29, 0.717) is 23.9 Å². The molecule has 0 unspecified atom stereocenters. The van der Waals surface area contributed by atoms with Gasteiger partial charge in [0, 0.05) is 18.7 Å². The first-order chi connectivity index (χ1) is 12.3. The predicted molar refractivity (Wildman–Crippen MR) is 105 cm³/mol. The van der Waals surface area contributed by atoms with Gasteiger partial charge in [-0.05, 0) is 44.4 Å². The third-order valence-corrected chi connectivity index (χ3v) is 5.59. The predicted octanol–water partition coefficient (Wildman–Crippen LogP) is 2.13. The number of aryl methyl sites for hydroxylation is 1. The summed E-state index contributed by atoms with van der Waals surface area (Å²) < 4.78 is 27.6. The van der Waals surface area contributed by atoms with Gasteiger partial charge >= 0.3 is 0 Å². The van der Waals surface area contributed by atoms with Crippen LogP contribution >= 0.6 is 12.2 Å². The number of sulfonamides is 1. The van der Waals surface area contributed by atoms with Crippen molar-refractivity contribution < 1.29 is 8.42 Å². The molecule has 0 radical (unpaired) electrons. The number of H-pyrrole nitrogens is 1. The summed E-state index contributed by atoms with van der Waals surface area (Å²) in [6, 6.07) is 8.16. The molecule has 1 aromatic heterocycles. The minimum Gasteiger partial charge on any atom is -0.284 e. The summed E-state index contributed by atoms with van der Waals surface area (Å²) in [5.74, 6) is 1.08. The summed E-state index contributed by atoms with van der Waals surface area (Å²) >= 11 is 5.40. The molecule has 1 aliphatic rings. The lowest BCUT2D eigenvalue weighted by molar-refractivity contribution is 0.132. The van der Waals surface area contributed by atoms with Crippen LogP contribution in [0.25, 0.3) is 11.4 Å². The van der Waals surface area contributed by atoms with Crippen LogP contribution in [0.1, 0.15) is 18.4 Å². The van der Waals surface area contributed by atoms with Crippen LogP contribution in [0.15, 0.2) is 24.3 Å². The molecule has 9 heteroatoms. The molecular formula is C17H25N5O2S2. The fraction of sp³-hybridized carbons (Fsp3) is 0.529. The maximum absolute atomic E-state index is 11.3. The Morgan fingerprint density at radius 1 is 1.35 bits per heavy atom. The fourth-order valence-electron chi connectivity index (χ4n) is 3.21. The van der Waals surface area contributed by atoms with Crippen LogP contribution in [0.2, 0.25) is 0 Å². The van der Waals surface area contributed by atoms with Crippen LogP contribution in [-0.2, 0) is 16.7 Å². The minimum absolute atomic E-state index is 0.312. The van der Waals surface area contributed by atoms with Crippen molar-refractivity contribution in [3.8, 4) is 11.4 Å². The van der Waals surface area contributed by atoms with Gasteiger partial charge in [0.05, 0.1) is 12.9 Å². The van der Waals surface area contributed by atoms with E-state index in [-0.39, 0.29) is 0 Å². The first-order valence-electron chi connectivity index (χ1n) is 8.71. The zero-order chi connectivity index (χ0) is 18.7.